The molecule has 0 spiro atoms. The number of hydrogen-bond acceptors (Lipinski definition) is 15. The smallest absolute Gasteiger partial charge is 0.462 e. The summed E-state index contributed by atoms with van der Waals surface area (Å²) in [6, 6.07) is 0. The maximum absolute atomic E-state index is 13.0. The molecule has 0 saturated heterocycles. The van der Waals surface area contributed by atoms with Crippen LogP contribution < -0.4 is 0 Å². The van der Waals surface area contributed by atoms with Crippen LogP contribution >= 0.6 is 15.6 Å². The molecule has 0 amide bonds. The molecule has 0 aliphatic rings. The Morgan fingerprint density at radius 3 is 0.884 bits per heavy atom. The van der Waals surface area contributed by atoms with Crippen molar-refractivity contribution in [3.63, 3.8) is 0 Å². The predicted molar refractivity (Wildman–Crippen MR) is 345 cm³/mol. The first-order valence-corrected chi connectivity index (χ1v) is 38.0. The van der Waals surface area contributed by atoms with E-state index in [9.17, 15) is 43.2 Å². The molecule has 0 aromatic rings. The molecule has 0 aromatic heterocycles. The van der Waals surface area contributed by atoms with Crippen LogP contribution in [0, 0.1) is 11.8 Å². The normalized spacial score (nSPS) is 14.5. The fraction of sp³-hybridized carbons (Fsp3) is 0.940. The zero-order valence-electron chi connectivity index (χ0n) is 55.6. The molecule has 0 heterocycles. The number of esters is 4. The number of hydrogen-bond donors (Lipinski definition) is 3. The quantitative estimate of drug-likeness (QED) is 0.0222. The van der Waals surface area contributed by atoms with E-state index in [1.165, 1.54) is 148 Å². The predicted octanol–water partition coefficient (Wildman–Crippen LogP) is 18.8. The second-order valence-corrected chi connectivity index (χ2v) is 27.8. The molecule has 510 valence electrons. The summed E-state index contributed by atoms with van der Waals surface area (Å²) in [7, 11) is -9.88. The van der Waals surface area contributed by atoms with Crippen LogP contribution in [-0.2, 0) is 65.4 Å². The topological polar surface area (TPSA) is 237 Å². The molecule has 6 atom stereocenters. The second-order valence-electron chi connectivity index (χ2n) is 24.9. The zero-order valence-corrected chi connectivity index (χ0v) is 57.4. The molecule has 19 heteroatoms. The number of aliphatic hydroxyl groups excluding tert-OH is 1. The number of ether oxygens (including phenoxy) is 4. The first kappa shape index (κ1) is 84.1. The summed E-state index contributed by atoms with van der Waals surface area (Å²) in [5.74, 6) is -0.679. The summed E-state index contributed by atoms with van der Waals surface area (Å²) >= 11 is 0. The van der Waals surface area contributed by atoms with Gasteiger partial charge in [-0.1, -0.05) is 286 Å². The van der Waals surface area contributed by atoms with E-state index in [0.29, 0.717) is 25.7 Å². The van der Waals surface area contributed by atoms with Crippen molar-refractivity contribution in [1.82, 2.24) is 0 Å². The molecule has 0 radical (unpaired) electrons. The first-order valence-electron chi connectivity index (χ1n) is 35.0. The molecule has 3 unspecified atom stereocenters. The molecule has 0 aliphatic heterocycles. The average molecular weight is 1270 g/mol. The van der Waals surface area contributed by atoms with Crippen LogP contribution in [0.15, 0.2) is 0 Å². The summed E-state index contributed by atoms with van der Waals surface area (Å²) in [6.07, 6.45) is 43.6. The van der Waals surface area contributed by atoms with Crippen molar-refractivity contribution in [3.05, 3.63) is 0 Å². The number of carbonyl (C=O) groups is 4. The zero-order chi connectivity index (χ0) is 63.6. The van der Waals surface area contributed by atoms with Gasteiger partial charge in [-0.25, -0.2) is 9.13 Å². The van der Waals surface area contributed by atoms with Gasteiger partial charge in [0.2, 0.25) is 0 Å². The standard InChI is InChI=1S/C67H130O17P2/c1-7-10-12-14-15-16-17-18-19-20-21-22-23-24-25-28-32-39-45-51-66(71)83-63(56-78-65(70)50-44-38-31-29-26-27-30-36-41-47-59(4)5)58-82-86(75,76)80-54-61(68)53-79-85(73,74)81-57-62(55-77-64(69)49-43-35-13-11-8-2)84-67(72)52-46-40-34-33-37-42-48-60(6)9-3/h59-63,68H,7-58H2,1-6H3,(H,73,74)(H,75,76)/t60?,61-,62+,63+/m0/s1. The van der Waals surface area contributed by atoms with Crippen molar-refractivity contribution >= 4 is 39.5 Å². The van der Waals surface area contributed by atoms with Crippen LogP contribution in [-0.4, -0.2) is 96.7 Å². The third-order valence-corrected chi connectivity index (χ3v) is 17.7. The van der Waals surface area contributed by atoms with E-state index >= 15 is 0 Å². The highest BCUT2D eigenvalue weighted by Crippen LogP contribution is 2.45. The van der Waals surface area contributed by atoms with Crippen LogP contribution in [0.5, 0.6) is 0 Å². The van der Waals surface area contributed by atoms with E-state index in [4.69, 9.17) is 37.0 Å². The van der Waals surface area contributed by atoms with Crippen molar-refractivity contribution in [2.45, 2.75) is 355 Å². The van der Waals surface area contributed by atoms with Gasteiger partial charge < -0.3 is 33.8 Å². The van der Waals surface area contributed by atoms with Crippen LogP contribution in [0.2, 0.25) is 0 Å². The lowest BCUT2D eigenvalue weighted by molar-refractivity contribution is -0.161. The number of carbonyl (C=O) groups excluding carboxylic acids is 4. The van der Waals surface area contributed by atoms with E-state index in [0.717, 1.165) is 108 Å². The third-order valence-electron chi connectivity index (χ3n) is 15.8. The Bertz CT molecular complexity index is 1690. The maximum Gasteiger partial charge on any atom is 0.472 e. The number of phosphoric acid groups is 2. The molecule has 0 bridgehead atoms. The summed E-state index contributed by atoms with van der Waals surface area (Å²) in [5.41, 5.74) is 0. The van der Waals surface area contributed by atoms with Crippen molar-refractivity contribution in [1.29, 1.82) is 0 Å². The molecular formula is C67H130O17P2. The van der Waals surface area contributed by atoms with Gasteiger partial charge in [-0.05, 0) is 37.5 Å². The Morgan fingerprint density at radius 2 is 0.593 bits per heavy atom. The maximum atomic E-state index is 13.0. The molecule has 0 aromatic carbocycles. The summed E-state index contributed by atoms with van der Waals surface area (Å²) in [5, 5.41) is 10.5. The minimum atomic E-state index is -4.95. The van der Waals surface area contributed by atoms with Gasteiger partial charge in [-0.15, -0.1) is 0 Å². The van der Waals surface area contributed by atoms with E-state index in [2.05, 4.69) is 41.5 Å². The van der Waals surface area contributed by atoms with E-state index < -0.39 is 97.5 Å². The molecule has 0 rings (SSSR count). The van der Waals surface area contributed by atoms with Crippen LogP contribution in [0.3, 0.4) is 0 Å². The van der Waals surface area contributed by atoms with Crippen molar-refractivity contribution < 1.29 is 80.2 Å². The highest BCUT2D eigenvalue weighted by molar-refractivity contribution is 7.47. The number of unbranched alkanes of at least 4 members (excludes halogenated alkanes) is 35. The minimum Gasteiger partial charge on any atom is -0.462 e. The molecule has 0 aliphatic carbocycles. The Hall–Kier alpha value is -1.94. The van der Waals surface area contributed by atoms with Gasteiger partial charge in [0.25, 0.3) is 0 Å². The minimum absolute atomic E-state index is 0.102. The lowest BCUT2D eigenvalue weighted by Crippen LogP contribution is -2.30. The molecule has 3 N–H and O–H groups in total. The number of rotatable bonds is 66. The molecule has 17 nitrogen and oxygen atoms in total. The van der Waals surface area contributed by atoms with Crippen LogP contribution in [0.25, 0.3) is 0 Å². The highest BCUT2D eigenvalue weighted by atomic mass is 31.2. The molecule has 86 heavy (non-hydrogen) atoms. The molecule has 0 saturated carbocycles. The largest absolute Gasteiger partial charge is 0.472 e. The summed E-state index contributed by atoms with van der Waals surface area (Å²) < 4.78 is 67.9. The summed E-state index contributed by atoms with van der Waals surface area (Å²) in [4.78, 5) is 72.1. The lowest BCUT2D eigenvalue weighted by atomic mass is 10.00. The lowest BCUT2D eigenvalue weighted by Gasteiger charge is -2.21. The Kier molecular flexibility index (Phi) is 58.0. The average Bonchev–Trinajstić information content (AvgIpc) is 3.58. The van der Waals surface area contributed by atoms with Crippen LogP contribution in [0.1, 0.15) is 337 Å². The third kappa shape index (κ3) is 59.7. The van der Waals surface area contributed by atoms with Gasteiger partial charge in [-0.2, -0.15) is 0 Å². The van der Waals surface area contributed by atoms with Gasteiger partial charge in [0.1, 0.15) is 19.3 Å². The Balaban J connectivity index is 5.14. The van der Waals surface area contributed by atoms with Gasteiger partial charge in [0.05, 0.1) is 26.4 Å². The van der Waals surface area contributed by atoms with Crippen molar-refractivity contribution in [2.75, 3.05) is 39.6 Å². The number of aliphatic hydroxyl groups is 1. The Labute approximate surface area is 524 Å². The van der Waals surface area contributed by atoms with Gasteiger partial charge >= 0.3 is 39.5 Å². The summed E-state index contributed by atoms with van der Waals surface area (Å²) in [6.45, 7) is 9.36. The van der Waals surface area contributed by atoms with Gasteiger partial charge in [-0.3, -0.25) is 37.3 Å². The SMILES string of the molecule is CCCCCCCCCCCCCCCCCCCCCC(=O)O[C@H](COC(=O)CCCCCCCCCCCC(C)C)COP(=O)(O)OC[C@@H](O)COP(=O)(O)OC[C@@H](COC(=O)CCCCCCC)OC(=O)CCCCCCCCC(C)CC. The van der Waals surface area contributed by atoms with E-state index in [1.807, 2.05) is 0 Å². The first-order chi connectivity index (χ1) is 41.4. The van der Waals surface area contributed by atoms with Crippen molar-refractivity contribution in [3.8, 4) is 0 Å². The fourth-order valence-electron chi connectivity index (χ4n) is 10.0. The molecule has 0 fully saturated rings. The Morgan fingerprint density at radius 1 is 0.337 bits per heavy atom. The number of phosphoric ester groups is 2. The van der Waals surface area contributed by atoms with Crippen LogP contribution in [0.4, 0.5) is 0 Å². The van der Waals surface area contributed by atoms with Gasteiger partial charge in [0.15, 0.2) is 12.2 Å². The van der Waals surface area contributed by atoms with E-state index in [1.54, 1.807) is 0 Å². The second kappa shape index (κ2) is 59.4. The van der Waals surface area contributed by atoms with E-state index in [-0.39, 0.29) is 25.7 Å². The monoisotopic (exact) mass is 1270 g/mol. The highest BCUT2D eigenvalue weighted by Gasteiger charge is 2.30. The van der Waals surface area contributed by atoms with Gasteiger partial charge in [0, 0.05) is 25.7 Å². The fourth-order valence-corrected chi connectivity index (χ4v) is 11.6. The molecular weight excluding hydrogens is 1140 g/mol. The van der Waals surface area contributed by atoms with Crippen molar-refractivity contribution in [2.24, 2.45) is 11.8 Å².